The number of thioether (sulfide) groups is 1. The second kappa shape index (κ2) is 10.8. The van der Waals surface area contributed by atoms with E-state index in [0.29, 0.717) is 28.3 Å². The molecule has 1 atom stereocenters. The van der Waals surface area contributed by atoms with Gasteiger partial charge in [0.05, 0.1) is 18.1 Å². The summed E-state index contributed by atoms with van der Waals surface area (Å²) < 4.78 is 11.3. The number of carbonyl (C=O) groups excluding carboxylic acids is 1. The second-order valence-electron chi connectivity index (χ2n) is 8.83. The molecule has 7 nitrogen and oxygen atoms in total. The van der Waals surface area contributed by atoms with Crippen LogP contribution >= 0.6 is 23.4 Å². The molecule has 0 saturated heterocycles. The Labute approximate surface area is 207 Å². The maximum Gasteiger partial charge on any atom is 0.277 e. The Balaban J connectivity index is 1.22. The molecule has 1 aliphatic heterocycles. The molecule has 1 saturated carbocycles. The quantitative estimate of drug-likeness (QED) is 0.339. The van der Waals surface area contributed by atoms with E-state index in [1.54, 1.807) is 6.26 Å². The Morgan fingerprint density at radius 1 is 1.12 bits per heavy atom. The van der Waals surface area contributed by atoms with Gasteiger partial charge in [-0.15, -0.1) is 10.2 Å². The first-order valence-corrected chi connectivity index (χ1v) is 13.2. The highest BCUT2D eigenvalue weighted by Crippen LogP contribution is 2.34. The zero-order valence-electron chi connectivity index (χ0n) is 18.9. The first-order valence-electron chi connectivity index (χ1n) is 11.8. The van der Waals surface area contributed by atoms with Gasteiger partial charge in [-0.3, -0.25) is 4.79 Å². The van der Waals surface area contributed by atoms with Crippen molar-refractivity contribution < 1.29 is 13.6 Å². The van der Waals surface area contributed by atoms with Crippen LogP contribution in [0.2, 0.25) is 5.02 Å². The van der Waals surface area contributed by atoms with Gasteiger partial charge in [0, 0.05) is 17.9 Å². The molecule has 3 heterocycles. The van der Waals surface area contributed by atoms with Crippen LogP contribution in [0.1, 0.15) is 68.2 Å². The molecule has 1 fully saturated rings. The van der Waals surface area contributed by atoms with E-state index in [1.807, 2.05) is 36.4 Å². The first kappa shape index (κ1) is 23.2. The van der Waals surface area contributed by atoms with E-state index in [2.05, 4.69) is 15.3 Å². The number of furan rings is 1. The fourth-order valence-corrected chi connectivity index (χ4v) is 5.43. The van der Waals surface area contributed by atoms with Gasteiger partial charge in [0.15, 0.2) is 0 Å². The molecular weight excluding hydrogens is 472 g/mol. The lowest BCUT2D eigenvalue weighted by Gasteiger charge is -2.21. The van der Waals surface area contributed by atoms with Crippen molar-refractivity contribution in [3.05, 3.63) is 64.9 Å². The molecule has 5 rings (SSSR count). The van der Waals surface area contributed by atoms with Gasteiger partial charge < -0.3 is 8.83 Å². The molecule has 1 unspecified atom stereocenters. The van der Waals surface area contributed by atoms with Crippen LogP contribution in [-0.2, 0) is 11.2 Å². The van der Waals surface area contributed by atoms with Crippen LogP contribution < -0.4 is 0 Å². The first-order chi connectivity index (χ1) is 16.7. The third-order valence-corrected chi connectivity index (χ3v) is 7.54. The van der Waals surface area contributed by atoms with Crippen LogP contribution in [0.3, 0.4) is 0 Å². The van der Waals surface area contributed by atoms with Crippen LogP contribution in [0, 0.1) is 5.92 Å². The summed E-state index contributed by atoms with van der Waals surface area (Å²) in [4.78, 5) is 13.2. The van der Waals surface area contributed by atoms with Crippen molar-refractivity contribution in [2.24, 2.45) is 11.0 Å². The van der Waals surface area contributed by atoms with Crippen molar-refractivity contribution >= 4 is 35.0 Å². The highest BCUT2D eigenvalue weighted by Gasteiger charge is 2.34. The topological polar surface area (TPSA) is 84.7 Å². The highest BCUT2D eigenvalue weighted by atomic mass is 35.5. The number of amides is 1. The summed E-state index contributed by atoms with van der Waals surface area (Å²) in [6.07, 6.45) is 10.7. The van der Waals surface area contributed by atoms with Gasteiger partial charge in [-0.05, 0) is 42.2 Å². The lowest BCUT2D eigenvalue weighted by molar-refractivity contribution is -0.130. The van der Waals surface area contributed by atoms with Gasteiger partial charge in [-0.1, -0.05) is 67.6 Å². The third kappa shape index (κ3) is 5.55. The summed E-state index contributed by atoms with van der Waals surface area (Å²) in [7, 11) is 0. The summed E-state index contributed by atoms with van der Waals surface area (Å²) in [6, 6.07) is 11.0. The lowest BCUT2D eigenvalue weighted by atomic mass is 9.86. The van der Waals surface area contributed by atoms with Crippen LogP contribution in [-0.4, -0.2) is 32.6 Å². The minimum Gasteiger partial charge on any atom is -0.463 e. The number of hydrazone groups is 1. The maximum atomic E-state index is 13.2. The van der Waals surface area contributed by atoms with Gasteiger partial charge in [-0.2, -0.15) is 5.10 Å². The average Bonchev–Trinajstić information content (AvgIpc) is 3.63. The van der Waals surface area contributed by atoms with Crippen molar-refractivity contribution in [3.63, 3.8) is 0 Å². The number of nitrogens with zero attached hydrogens (tertiary/aromatic N) is 4. The van der Waals surface area contributed by atoms with Crippen molar-refractivity contribution in [3.8, 4) is 0 Å². The Bertz CT molecular complexity index is 1120. The second-order valence-corrected chi connectivity index (χ2v) is 10.2. The molecule has 1 aromatic carbocycles. The third-order valence-electron chi connectivity index (χ3n) is 6.48. The monoisotopic (exact) mass is 498 g/mol. The van der Waals surface area contributed by atoms with E-state index in [-0.39, 0.29) is 17.7 Å². The zero-order valence-corrected chi connectivity index (χ0v) is 20.4. The molecule has 1 aliphatic carbocycles. The van der Waals surface area contributed by atoms with Crippen LogP contribution in [0.5, 0.6) is 0 Å². The number of rotatable bonds is 8. The lowest BCUT2D eigenvalue weighted by Crippen LogP contribution is -2.28. The van der Waals surface area contributed by atoms with E-state index in [0.717, 1.165) is 30.0 Å². The minimum absolute atomic E-state index is 0.131. The molecule has 178 valence electrons. The van der Waals surface area contributed by atoms with Crippen molar-refractivity contribution in [2.75, 3.05) is 5.75 Å². The molecule has 0 spiro atoms. The van der Waals surface area contributed by atoms with E-state index in [9.17, 15) is 4.79 Å². The molecule has 2 aliphatic rings. The molecule has 0 N–H and O–H groups in total. The predicted molar refractivity (Wildman–Crippen MR) is 131 cm³/mol. The molecule has 1 amide bonds. The summed E-state index contributed by atoms with van der Waals surface area (Å²) in [5.41, 5.74) is 1.71. The molecule has 3 aromatic rings. The van der Waals surface area contributed by atoms with Crippen molar-refractivity contribution in [2.45, 2.75) is 62.6 Å². The Hall–Kier alpha value is -2.58. The number of hydrogen-bond acceptors (Lipinski definition) is 7. The van der Waals surface area contributed by atoms with E-state index < -0.39 is 0 Å². The highest BCUT2D eigenvalue weighted by molar-refractivity contribution is 7.99. The van der Waals surface area contributed by atoms with Crippen molar-refractivity contribution in [1.82, 2.24) is 15.2 Å². The molecule has 0 radical (unpaired) electrons. The number of aryl methyl sites for hydroxylation is 1. The zero-order chi connectivity index (χ0) is 23.3. The van der Waals surface area contributed by atoms with Gasteiger partial charge in [-0.25, -0.2) is 5.01 Å². The number of hydrogen-bond donors (Lipinski definition) is 0. The summed E-state index contributed by atoms with van der Waals surface area (Å²) in [5, 5.41) is 15.5. The van der Waals surface area contributed by atoms with E-state index in [4.69, 9.17) is 20.4 Å². The van der Waals surface area contributed by atoms with Gasteiger partial charge in [0.25, 0.3) is 11.1 Å². The Morgan fingerprint density at radius 2 is 1.94 bits per heavy atom. The van der Waals surface area contributed by atoms with Crippen LogP contribution in [0.25, 0.3) is 0 Å². The maximum absolute atomic E-state index is 13.2. The Morgan fingerprint density at radius 3 is 2.71 bits per heavy atom. The number of carbonyl (C=O) groups is 1. The smallest absolute Gasteiger partial charge is 0.277 e. The molecular formula is C25H27ClN4O3S. The number of halogens is 1. The van der Waals surface area contributed by atoms with Gasteiger partial charge in [0.1, 0.15) is 11.5 Å². The van der Waals surface area contributed by atoms with E-state index >= 15 is 0 Å². The standard InChI is InChI=1S/C25H27ClN4O3S/c26-19-11-9-18(10-12-19)21-15-20(22-7-4-14-32-22)29-30(21)24(31)16-34-25-28-27-23(33-25)13-8-17-5-2-1-3-6-17/h4,7,9-12,14,17,21H,1-3,5-6,8,13,15-16H2. The molecule has 9 heteroatoms. The molecule has 0 bridgehead atoms. The minimum atomic E-state index is -0.223. The largest absolute Gasteiger partial charge is 0.463 e. The Kier molecular flexibility index (Phi) is 7.35. The van der Waals surface area contributed by atoms with Gasteiger partial charge in [0.2, 0.25) is 5.89 Å². The molecule has 2 aromatic heterocycles. The van der Waals surface area contributed by atoms with Gasteiger partial charge >= 0.3 is 0 Å². The fourth-order valence-electron chi connectivity index (χ4n) is 4.67. The van der Waals surface area contributed by atoms with Crippen LogP contribution in [0.15, 0.2) is 61.8 Å². The fraction of sp³-hybridized carbons (Fsp3) is 0.440. The van der Waals surface area contributed by atoms with Crippen LogP contribution in [0.4, 0.5) is 0 Å². The van der Waals surface area contributed by atoms with Crippen molar-refractivity contribution in [1.29, 1.82) is 0 Å². The summed E-state index contributed by atoms with van der Waals surface area (Å²) in [6.45, 7) is 0. The normalized spacial score (nSPS) is 18.9. The summed E-state index contributed by atoms with van der Waals surface area (Å²) in [5.74, 6) is 2.11. The number of benzene rings is 1. The van der Waals surface area contributed by atoms with E-state index in [1.165, 1.54) is 48.9 Å². The number of aromatic nitrogens is 2. The average molecular weight is 499 g/mol. The summed E-state index contributed by atoms with van der Waals surface area (Å²) >= 11 is 7.31. The molecule has 34 heavy (non-hydrogen) atoms. The predicted octanol–water partition coefficient (Wildman–Crippen LogP) is 6.30. The SMILES string of the molecule is O=C(CSc1nnc(CCC2CCCCC2)o1)N1N=C(c2ccco2)CC1c1ccc(Cl)cc1.